The van der Waals surface area contributed by atoms with Crippen LogP contribution in [-0.2, 0) is 7.05 Å². The molecule has 0 unspecified atom stereocenters. The number of aromatic nitrogens is 2. The molecule has 11 heavy (non-hydrogen) atoms. The third-order valence-corrected chi connectivity index (χ3v) is 1.27. The Morgan fingerprint density at radius 3 is 2.91 bits per heavy atom. The number of anilines is 1. The van der Waals surface area contributed by atoms with Crippen LogP contribution in [-0.4, -0.2) is 21.0 Å². The molecule has 60 valence electrons. The van der Waals surface area contributed by atoms with Gasteiger partial charge in [0.2, 0.25) is 0 Å². The van der Waals surface area contributed by atoms with E-state index in [2.05, 4.69) is 10.4 Å². The van der Waals surface area contributed by atoms with E-state index in [1.165, 1.54) is 10.7 Å². The number of carbonyl (C=O) groups is 1. The third-order valence-electron chi connectivity index (χ3n) is 1.08. The summed E-state index contributed by atoms with van der Waals surface area (Å²) in [5.74, 6) is 0.350. The van der Waals surface area contributed by atoms with Crippen LogP contribution in [0.3, 0.4) is 0 Å². The number of hydrogen-bond donors (Lipinski definition) is 2. The van der Waals surface area contributed by atoms with E-state index in [0.29, 0.717) is 5.82 Å². The summed E-state index contributed by atoms with van der Waals surface area (Å²) in [4.78, 5) is 10.1. The standard InChI is InChI=1S/C5H6ClN3O2/c1-9-4(7-5(10)11)2-3(6)8-9/h2,7H,1H3,(H,10,11). The summed E-state index contributed by atoms with van der Waals surface area (Å²) in [6, 6.07) is 1.43. The number of nitrogens with one attached hydrogen (secondary N) is 1. The summed E-state index contributed by atoms with van der Waals surface area (Å²) in [5.41, 5.74) is 0. The van der Waals surface area contributed by atoms with Crippen LogP contribution in [0.15, 0.2) is 6.07 Å². The van der Waals surface area contributed by atoms with Crippen molar-refractivity contribution in [1.82, 2.24) is 9.78 Å². The highest BCUT2D eigenvalue weighted by Crippen LogP contribution is 2.12. The van der Waals surface area contributed by atoms with Crippen molar-refractivity contribution in [2.75, 3.05) is 5.32 Å². The molecule has 1 aromatic heterocycles. The van der Waals surface area contributed by atoms with E-state index >= 15 is 0 Å². The van der Waals surface area contributed by atoms with Gasteiger partial charge in [0, 0.05) is 13.1 Å². The molecule has 6 heteroatoms. The van der Waals surface area contributed by atoms with Crippen molar-refractivity contribution in [2.24, 2.45) is 7.05 Å². The molecule has 1 amide bonds. The second kappa shape index (κ2) is 2.79. The molecule has 0 bridgehead atoms. The van der Waals surface area contributed by atoms with Gasteiger partial charge in [0.25, 0.3) is 0 Å². The lowest BCUT2D eigenvalue weighted by Gasteiger charge is -1.97. The Hall–Kier alpha value is -1.23. The number of nitrogens with zero attached hydrogens (tertiary/aromatic N) is 2. The Labute approximate surface area is 67.6 Å². The lowest BCUT2D eigenvalue weighted by atomic mass is 10.6. The number of halogens is 1. The molecular weight excluding hydrogens is 170 g/mol. The molecule has 1 heterocycles. The molecule has 5 nitrogen and oxygen atoms in total. The summed E-state index contributed by atoms with van der Waals surface area (Å²) < 4.78 is 1.34. The lowest BCUT2D eigenvalue weighted by molar-refractivity contribution is 0.209. The van der Waals surface area contributed by atoms with Crippen molar-refractivity contribution in [1.29, 1.82) is 0 Å². The van der Waals surface area contributed by atoms with Gasteiger partial charge in [-0.15, -0.1) is 0 Å². The van der Waals surface area contributed by atoms with E-state index < -0.39 is 6.09 Å². The van der Waals surface area contributed by atoms with Crippen molar-refractivity contribution in [3.63, 3.8) is 0 Å². The number of aryl methyl sites for hydroxylation is 1. The number of hydrogen-bond acceptors (Lipinski definition) is 2. The van der Waals surface area contributed by atoms with Crippen molar-refractivity contribution in [2.45, 2.75) is 0 Å². The minimum absolute atomic E-state index is 0.260. The quantitative estimate of drug-likeness (QED) is 0.673. The Morgan fingerprint density at radius 2 is 2.55 bits per heavy atom. The number of amides is 1. The zero-order valence-electron chi connectivity index (χ0n) is 5.71. The van der Waals surface area contributed by atoms with Gasteiger partial charge in [-0.25, -0.2) is 4.79 Å². The first-order valence-electron chi connectivity index (χ1n) is 2.79. The summed E-state index contributed by atoms with van der Waals surface area (Å²) >= 11 is 5.48. The van der Waals surface area contributed by atoms with Crippen molar-refractivity contribution in [3.05, 3.63) is 11.2 Å². The highest BCUT2D eigenvalue weighted by atomic mass is 35.5. The summed E-state index contributed by atoms with van der Waals surface area (Å²) in [7, 11) is 1.59. The van der Waals surface area contributed by atoms with Crippen molar-refractivity contribution >= 4 is 23.5 Å². The maximum Gasteiger partial charge on any atom is 0.410 e. The Balaban J connectivity index is 2.85. The molecule has 0 fully saturated rings. The highest BCUT2D eigenvalue weighted by Gasteiger charge is 2.04. The first-order valence-corrected chi connectivity index (χ1v) is 3.17. The fourth-order valence-corrected chi connectivity index (χ4v) is 0.876. The van der Waals surface area contributed by atoms with Crippen LogP contribution >= 0.6 is 11.6 Å². The predicted molar refractivity (Wildman–Crippen MR) is 39.9 cm³/mol. The number of rotatable bonds is 1. The van der Waals surface area contributed by atoms with Crippen LogP contribution < -0.4 is 5.32 Å². The van der Waals surface area contributed by atoms with Crippen LogP contribution in [0.5, 0.6) is 0 Å². The minimum atomic E-state index is -1.13. The summed E-state index contributed by atoms with van der Waals surface area (Å²) in [6.45, 7) is 0. The Morgan fingerprint density at radius 1 is 1.91 bits per heavy atom. The van der Waals surface area contributed by atoms with Gasteiger partial charge in [-0.1, -0.05) is 11.6 Å². The smallest absolute Gasteiger partial charge is 0.410 e. The topological polar surface area (TPSA) is 67.2 Å². The van der Waals surface area contributed by atoms with Gasteiger partial charge in [0.1, 0.15) is 5.82 Å². The largest absolute Gasteiger partial charge is 0.465 e. The van der Waals surface area contributed by atoms with E-state index in [1.807, 2.05) is 0 Å². The van der Waals surface area contributed by atoms with Crippen LogP contribution in [0.4, 0.5) is 10.6 Å². The van der Waals surface area contributed by atoms with Crippen LogP contribution in [0, 0.1) is 0 Å². The van der Waals surface area contributed by atoms with Crippen LogP contribution in [0.25, 0.3) is 0 Å². The van der Waals surface area contributed by atoms with E-state index in [4.69, 9.17) is 16.7 Å². The molecule has 1 aromatic rings. The van der Waals surface area contributed by atoms with Gasteiger partial charge < -0.3 is 5.11 Å². The Bertz CT molecular complexity index is 283. The second-order valence-corrected chi connectivity index (χ2v) is 2.29. The molecule has 0 radical (unpaired) electrons. The summed E-state index contributed by atoms with van der Waals surface area (Å²) in [6.07, 6.45) is -1.13. The minimum Gasteiger partial charge on any atom is -0.465 e. The SMILES string of the molecule is Cn1nc(Cl)cc1NC(=O)O. The molecule has 0 atom stereocenters. The first-order chi connectivity index (χ1) is 5.09. The first kappa shape index (κ1) is 7.87. The average molecular weight is 176 g/mol. The molecule has 0 spiro atoms. The van der Waals surface area contributed by atoms with Crippen LogP contribution in [0.2, 0.25) is 5.15 Å². The molecule has 2 N–H and O–H groups in total. The normalized spacial score (nSPS) is 9.64. The van der Waals surface area contributed by atoms with Crippen molar-refractivity contribution in [3.8, 4) is 0 Å². The number of carboxylic acid groups (broad SMARTS) is 1. The maximum atomic E-state index is 10.1. The highest BCUT2D eigenvalue weighted by molar-refractivity contribution is 6.29. The van der Waals surface area contributed by atoms with E-state index in [1.54, 1.807) is 7.05 Å². The van der Waals surface area contributed by atoms with Gasteiger partial charge in [-0.05, 0) is 0 Å². The monoisotopic (exact) mass is 175 g/mol. The lowest BCUT2D eigenvalue weighted by Crippen LogP contribution is -2.10. The molecule has 0 aliphatic carbocycles. The molecule has 1 rings (SSSR count). The second-order valence-electron chi connectivity index (χ2n) is 1.91. The predicted octanol–water partition coefficient (Wildman–Crippen LogP) is 1.16. The third kappa shape index (κ3) is 1.84. The van der Waals surface area contributed by atoms with E-state index in [9.17, 15) is 4.79 Å². The maximum absolute atomic E-state index is 10.1. The summed E-state index contributed by atoms with van der Waals surface area (Å²) in [5, 5.41) is 14.4. The van der Waals surface area contributed by atoms with Gasteiger partial charge in [-0.2, -0.15) is 5.10 Å². The molecule has 0 saturated carbocycles. The molecular formula is C5H6ClN3O2. The molecule has 0 aliphatic rings. The van der Waals surface area contributed by atoms with Crippen molar-refractivity contribution < 1.29 is 9.90 Å². The fourth-order valence-electron chi connectivity index (χ4n) is 0.659. The average Bonchev–Trinajstić information content (AvgIpc) is 2.09. The van der Waals surface area contributed by atoms with Gasteiger partial charge >= 0.3 is 6.09 Å². The van der Waals surface area contributed by atoms with Gasteiger partial charge in [-0.3, -0.25) is 10.00 Å². The van der Waals surface area contributed by atoms with E-state index in [-0.39, 0.29) is 5.15 Å². The zero-order valence-corrected chi connectivity index (χ0v) is 6.46. The Kier molecular flexibility index (Phi) is 2.00. The van der Waals surface area contributed by atoms with E-state index in [0.717, 1.165) is 0 Å². The molecule has 0 aromatic carbocycles. The molecule has 0 saturated heterocycles. The zero-order chi connectivity index (χ0) is 8.43. The van der Waals surface area contributed by atoms with Gasteiger partial charge in [0.15, 0.2) is 5.15 Å². The van der Waals surface area contributed by atoms with Crippen LogP contribution in [0.1, 0.15) is 0 Å². The van der Waals surface area contributed by atoms with Gasteiger partial charge in [0.05, 0.1) is 0 Å². The molecule has 0 aliphatic heterocycles. The fraction of sp³-hybridized carbons (Fsp3) is 0.200.